The Bertz CT molecular complexity index is 847. The molecule has 30 heavy (non-hydrogen) atoms. The maximum absolute atomic E-state index is 12.5. The zero-order valence-corrected chi connectivity index (χ0v) is 17.6. The lowest BCUT2D eigenvalue weighted by Crippen LogP contribution is -2.28. The summed E-state index contributed by atoms with van der Waals surface area (Å²) in [5.74, 6) is 0.0784. The number of halogens is 2. The second-order valence-corrected chi connectivity index (χ2v) is 7.36. The minimum Gasteiger partial charge on any atom is -0.493 e. The van der Waals surface area contributed by atoms with Gasteiger partial charge in [-0.2, -0.15) is 8.78 Å². The third-order valence-electron chi connectivity index (χ3n) is 3.98. The van der Waals surface area contributed by atoms with Crippen LogP contribution in [0.5, 0.6) is 11.5 Å². The largest absolute Gasteiger partial charge is 0.493 e. The van der Waals surface area contributed by atoms with E-state index in [1.54, 1.807) is 6.07 Å². The highest BCUT2D eigenvalue weighted by Gasteiger charge is 2.12. The van der Waals surface area contributed by atoms with Crippen molar-refractivity contribution in [3.8, 4) is 11.5 Å². The Kier molecular flexibility index (Phi) is 9.40. The van der Waals surface area contributed by atoms with Crippen LogP contribution in [0, 0.1) is 6.92 Å². The first-order chi connectivity index (χ1) is 14.4. The van der Waals surface area contributed by atoms with Crippen molar-refractivity contribution >= 4 is 29.3 Å². The summed E-state index contributed by atoms with van der Waals surface area (Å²) in [6, 6.07) is 12.2. The van der Waals surface area contributed by atoms with E-state index in [0.29, 0.717) is 18.7 Å². The van der Waals surface area contributed by atoms with E-state index in [0.717, 1.165) is 11.1 Å². The van der Waals surface area contributed by atoms with Crippen LogP contribution < -0.4 is 20.1 Å². The van der Waals surface area contributed by atoms with Gasteiger partial charge in [-0.3, -0.25) is 9.59 Å². The second kappa shape index (κ2) is 12.0. The number of carbonyl (C=O) groups is 2. The minimum atomic E-state index is -2.95. The fourth-order valence-electron chi connectivity index (χ4n) is 2.53. The normalized spacial score (nSPS) is 10.6. The van der Waals surface area contributed by atoms with Crippen molar-refractivity contribution in [3.05, 3.63) is 53.6 Å². The molecule has 9 heteroatoms. The molecule has 0 aliphatic rings. The number of methoxy groups -OCH3 is 1. The lowest BCUT2D eigenvalue weighted by molar-refractivity contribution is -0.118. The number of nitrogens with one attached hydrogen (secondary N) is 2. The Balaban J connectivity index is 1.68. The smallest absolute Gasteiger partial charge is 0.387 e. The van der Waals surface area contributed by atoms with Gasteiger partial charge >= 0.3 is 6.61 Å². The quantitative estimate of drug-likeness (QED) is 0.560. The zero-order valence-electron chi connectivity index (χ0n) is 16.7. The molecule has 0 heterocycles. The lowest BCUT2D eigenvalue weighted by atomic mass is 10.1. The molecule has 0 radical (unpaired) electrons. The number of carbonyl (C=O) groups excluding carboxylic acids is 2. The highest BCUT2D eigenvalue weighted by atomic mass is 32.2. The van der Waals surface area contributed by atoms with E-state index in [2.05, 4.69) is 15.4 Å². The van der Waals surface area contributed by atoms with Crippen molar-refractivity contribution in [2.24, 2.45) is 0 Å². The summed E-state index contributed by atoms with van der Waals surface area (Å²) in [5.41, 5.74) is 2.54. The molecule has 0 aliphatic heterocycles. The highest BCUT2D eigenvalue weighted by molar-refractivity contribution is 8.00. The number of hydrogen-bond donors (Lipinski definition) is 2. The molecule has 0 aromatic heterocycles. The molecule has 2 aromatic carbocycles. The topological polar surface area (TPSA) is 76.7 Å². The molecule has 0 atom stereocenters. The van der Waals surface area contributed by atoms with Gasteiger partial charge in [0.15, 0.2) is 11.5 Å². The van der Waals surface area contributed by atoms with Gasteiger partial charge < -0.3 is 20.1 Å². The Morgan fingerprint density at radius 1 is 1.03 bits per heavy atom. The number of ether oxygens (including phenoxy) is 2. The predicted octanol–water partition coefficient (Wildman–Crippen LogP) is 3.64. The predicted molar refractivity (Wildman–Crippen MR) is 113 cm³/mol. The molecule has 0 bridgehead atoms. The standard InChI is InChI=1S/C21H24F2N2O4S/c1-14-3-6-16(7-4-14)25-20(27)13-30-12-19(26)24-10-9-15-5-8-17(28-2)18(11-15)29-21(22)23/h3-8,11,21H,9-10,12-13H2,1-2H3,(H,24,26)(H,25,27). The molecule has 2 amide bonds. The first-order valence-corrected chi connectivity index (χ1v) is 10.4. The van der Waals surface area contributed by atoms with Gasteiger partial charge in [0.25, 0.3) is 0 Å². The van der Waals surface area contributed by atoms with E-state index in [1.807, 2.05) is 31.2 Å². The molecule has 0 fully saturated rings. The van der Waals surface area contributed by atoms with E-state index >= 15 is 0 Å². The number of rotatable bonds is 11. The monoisotopic (exact) mass is 438 g/mol. The molecule has 2 rings (SSSR count). The number of benzene rings is 2. The average molecular weight is 438 g/mol. The molecule has 0 unspecified atom stereocenters. The average Bonchev–Trinajstić information content (AvgIpc) is 2.69. The third kappa shape index (κ3) is 8.28. The van der Waals surface area contributed by atoms with E-state index in [9.17, 15) is 18.4 Å². The lowest BCUT2D eigenvalue weighted by Gasteiger charge is -2.12. The van der Waals surface area contributed by atoms with Crippen molar-refractivity contribution in [2.75, 3.05) is 30.5 Å². The fraction of sp³-hybridized carbons (Fsp3) is 0.333. The Morgan fingerprint density at radius 3 is 2.40 bits per heavy atom. The van der Waals surface area contributed by atoms with Gasteiger partial charge in [-0.25, -0.2) is 0 Å². The van der Waals surface area contributed by atoms with Crippen molar-refractivity contribution < 1.29 is 27.8 Å². The van der Waals surface area contributed by atoms with Gasteiger partial charge in [0.05, 0.1) is 18.6 Å². The molecule has 162 valence electrons. The summed E-state index contributed by atoms with van der Waals surface area (Å²) in [5, 5.41) is 5.51. The van der Waals surface area contributed by atoms with Gasteiger partial charge in [-0.05, 0) is 43.2 Å². The van der Waals surface area contributed by atoms with Crippen LogP contribution in [0.25, 0.3) is 0 Å². The van der Waals surface area contributed by atoms with Crippen LogP contribution in [0.2, 0.25) is 0 Å². The summed E-state index contributed by atoms with van der Waals surface area (Å²) >= 11 is 1.21. The van der Waals surface area contributed by atoms with Crippen LogP contribution in [-0.2, 0) is 16.0 Å². The van der Waals surface area contributed by atoms with Crippen LogP contribution in [0.15, 0.2) is 42.5 Å². The molecule has 2 N–H and O–H groups in total. The van der Waals surface area contributed by atoms with Crippen molar-refractivity contribution in [3.63, 3.8) is 0 Å². The Hall–Kier alpha value is -2.81. The van der Waals surface area contributed by atoms with E-state index in [-0.39, 0.29) is 34.8 Å². The van der Waals surface area contributed by atoms with E-state index in [1.165, 1.54) is 31.0 Å². The van der Waals surface area contributed by atoms with Crippen LogP contribution in [0.4, 0.5) is 14.5 Å². The molecule has 0 aliphatic carbocycles. The van der Waals surface area contributed by atoms with Crippen molar-refractivity contribution in [1.82, 2.24) is 5.32 Å². The van der Waals surface area contributed by atoms with Crippen molar-refractivity contribution in [1.29, 1.82) is 0 Å². The van der Waals surface area contributed by atoms with Crippen molar-refractivity contribution in [2.45, 2.75) is 20.0 Å². The maximum Gasteiger partial charge on any atom is 0.387 e. The molecule has 6 nitrogen and oxygen atoms in total. The summed E-state index contributed by atoms with van der Waals surface area (Å²) in [4.78, 5) is 23.8. The SMILES string of the molecule is COc1ccc(CCNC(=O)CSCC(=O)Nc2ccc(C)cc2)cc1OC(F)F. The first kappa shape index (κ1) is 23.5. The van der Waals surface area contributed by atoms with Crippen LogP contribution in [0.1, 0.15) is 11.1 Å². The molecule has 0 saturated heterocycles. The zero-order chi connectivity index (χ0) is 21.9. The number of thioether (sulfide) groups is 1. The van der Waals surface area contributed by atoms with Gasteiger partial charge in [-0.1, -0.05) is 23.8 Å². The molecular formula is C21H24F2N2O4S. The number of aryl methyl sites for hydroxylation is 1. The Labute approximate surface area is 178 Å². The number of amides is 2. The van der Waals surface area contributed by atoms with Gasteiger partial charge in [0.1, 0.15) is 0 Å². The summed E-state index contributed by atoms with van der Waals surface area (Å²) in [6.45, 7) is -0.658. The minimum absolute atomic E-state index is 0.0496. The van der Waals surface area contributed by atoms with Crippen LogP contribution in [0.3, 0.4) is 0 Å². The first-order valence-electron chi connectivity index (χ1n) is 9.20. The van der Waals surface area contributed by atoms with Gasteiger partial charge in [0.2, 0.25) is 11.8 Å². The Morgan fingerprint density at radius 2 is 1.73 bits per heavy atom. The van der Waals surface area contributed by atoms with Crippen LogP contribution >= 0.6 is 11.8 Å². The molecule has 0 spiro atoms. The number of alkyl halides is 2. The maximum atomic E-state index is 12.5. The van der Waals surface area contributed by atoms with E-state index in [4.69, 9.17) is 4.74 Å². The summed E-state index contributed by atoms with van der Waals surface area (Å²) in [6.07, 6.45) is 0.438. The second-order valence-electron chi connectivity index (χ2n) is 6.37. The van der Waals surface area contributed by atoms with Gasteiger partial charge in [0, 0.05) is 12.2 Å². The summed E-state index contributed by atoms with van der Waals surface area (Å²) in [7, 11) is 1.37. The highest BCUT2D eigenvalue weighted by Crippen LogP contribution is 2.29. The molecular weight excluding hydrogens is 414 g/mol. The fourth-order valence-corrected chi connectivity index (χ4v) is 3.18. The molecule has 2 aromatic rings. The number of hydrogen-bond acceptors (Lipinski definition) is 5. The third-order valence-corrected chi connectivity index (χ3v) is 4.91. The van der Waals surface area contributed by atoms with Crippen LogP contribution in [-0.4, -0.2) is 43.6 Å². The number of anilines is 1. The molecule has 0 saturated carbocycles. The summed E-state index contributed by atoms with van der Waals surface area (Å²) < 4.78 is 34.4. The van der Waals surface area contributed by atoms with E-state index < -0.39 is 6.61 Å². The van der Waals surface area contributed by atoms with Gasteiger partial charge in [-0.15, -0.1) is 11.8 Å².